The lowest BCUT2D eigenvalue weighted by Gasteiger charge is -2.40. The summed E-state index contributed by atoms with van der Waals surface area (Å²) >= 11 is -3.26. The van der Waals surface area contributed by atoms with Crippen molar-refractivity contribution in [3.05, 3.63) is 356 Å². The summed E-state index contributed by atoms with van der Waals surface area (Å²) in [5.74, 6) is 0. The highest BCUT2D eigenvalue weighted by molar-refractivity contribution is 6.93. The first-order valence-electron chi connectivity index (χ1n) is 32.7. The molecule has 0 aliphatic carbocycles. The first kappa shape index (κ1) is 64.1. The minimum Gasteiger partial charge on any atom is -0.354 e. The highest BCUT2D eigenvalue weighted by Crippen LogP contribution is 2.46. The number of hydrogen-bond acceptors (Lipinski definition) is 3. The summed E-state index contributed by atoms with van der Waals surface area (Å²) in [7, 11) is 0. The molecule has 3 unspecified atom stereocenters. The van der Waals surface area contributed by atoms with Gasteiger partial charge in [0.15, 0.2) is 0 Å². The van der Waals surface area contributed by atoms with Gasteiger partial charge in [0, 0.05) is 0 Å². The standard InChI is InChI=1S/3C27H29O.C2H5.Al/c3*1-3-5-9-22-26(4-2)28-27(23-16-10-6-11-17-23,24-18-12-7-13-19-24)25-20-14-8-15-21-25;1-2;/h3*2,4,6-8,10-21,26H,3,5,9,22H2,1H3;1H2,2H3;/q;;;;-1. The molecule has 9 rings (SSSR count). The maximum absolute atomic E-state index is 8.03. The van der Waals surface area contributed by atoms with Gasteiger partial charge in [-0.2, -0.15) is 5.28 Å². The van der Waals surface area contributed by atoms with Gasteiger partial charge in [0.05, 0.1) is 18.3 Å². The minimum atomic E-state index is -3.26. The highest BCUT2D eigenvalue weighted by atomic mass is 27.2. The topological polar surface area (TPSA) is 27.7 Å². The van der Waals surface area contributed by atoms with Crippen LogP contribution >= 0.6 is 0 Å². The predicted molar refractivity (Wildman–Crippen MR) is 368 cm³/mol. The van der Waals surface area contributed by atoms with Crippen molar-refractivity contribution in [2.24, 2.45) is 0 Å². The Hall–Kier alpha value is -7.39. The van der Waals surface area contributed by atoms with Gasteiger partial charge in [0.1, 0.15) is 16.8 Å². The first-order chi connectivity index (χ1) is 42.9. The molecule has 9 aromatic carbocycles. The fraction of sp³-hybridized carbons (Fsp3) is 0.277. The Labute approximate surface area is 525 Å². The van der Waals surface area contributed by atoms with Crippen LogP contribution < -0.4 is 0 Å². The molecular formula is C83H92AlO3-. The van der Waals surface area contributed by atoms with Crippen LogP contribution in [0.4, 0.5) is 0 Å². The van der Waals surface area contributed by atoms with Crippen molar-refractivity contribution in [3.8, 4) is 0 Å². The number of rotatable bonds is 34. The second-order valence-electron chi connectivity index (χ2n) is 23.6. The van der Waals surface area contributed by atoms with E-state index < -0.39 is 29.9 Å². The molecule has 0 aromatic heterocycles. The molecule has 0 saturated heterocycles. The van der Waals surface area contributed by atoms with Crippen LogP contribution in [-0.4, -0.2) is 31.4 Å². The number of ether oxygens (including phenoxy) is 3. The summed E-state index contributed by atoms with van der Waals surface area (Å²) in [4.78, 5) is 7.89. The summed E-state index contributed by atoms with van der Waals surface area (Å²) in [5.41, 5.74) is 7.28. The largest absolute Gasteiger partial charge is 0.354 e. The molecule has 0 amide bonds. The molecule has 0 bridgehead atoms. The zero-order chi connectivity index (χ0) is 60.3. The van der Waals surface area contributed by atoms with Crippen molar-refractivity contribution < 1.29 is 14.2 Å². The first-order valence-corrected chi connectivity index (χ1v) is 35.5. The van der Waals surface area contributed by atoms with Gasteiger partial charge in [-0.3, -0.25) is 14.8 Å². The normalized spacial score (nSPS) is 14.1. The fourth-order valence-electron chi connectivity index (χ4n) is 12.8. The Morgan fingerprint density at radius 1 is 0.264 bits per heavy atom. The fourth-order valence-corrected chi connectivity index (χ4v) is 16.0. The average molecular weight is 1160 g/mol. The second kappa shape index (κ2) is 33.1. The Morgan fingerprint density at radius 3 is 0.586 bits per heavy atom. The van der Waals surface area contributed by atoms with Gasteiger partial charge in [-0.1, -0.05) is 352 Å². The van der Waals surface area contributed by atoms with Crippen LogP contribution in [0.1, 0.15) is 155 Å². The number of unbranched alkanes of at least 4 members (excludes halogenated alkanes) is 6. The van der Waals surface area contributed by atoms with Gasteiger partial charge in [-0.25, -0.2) is 0 Å². The van der Waals surface area contributed by atoms with Crippen molar-refractivity contribution in [2.75, 3.05) is 0 Å². The van der Waals surface area contributed by atoms with Gasteiger partial charge in [0.2, 0.25) is 13.1 Å². The van der Waals surface area contributed by atoms with Gasteiger partial charge in [0.25, 0.3) is 0 Å². The van der Waals surface area contributed by atoms with E-state index in [1.54, 1.807) is 0 Å². The summed E-state index contributed by atoms with van der Waals surface area (Å²) in [5, 5.41) is 0.936. The lowest BCUT2D eigenvalue weighted by molar-refractivity contribution is -0.0286. The summed E-state index contributed by atoms with van der Waals surface area (Å²) in [6.07, 6.45) is 19.2. The zero-order valence-corrected chi connectivity index (χ0v) is 53.3. The Bertz CT molecular complexity index is 2750. The van der Waals surface area contributed by atoms with E-state index in [0.29, 0.717) is 0 Å². The summed E-state index contributed by atoms with van der Waals surface area (Å²) in [6.45, 7) is 9.29. The SMILES string of the molecule is CCCCCC(/C=[CH]/[Al-](/[CH]=C/C(CCCCC)OC(c1ccccc1)(c1ccccc1)c1ccccc1)(/[CH]=C/C(CCCCC)OC(c1ccccc1)(c1ccccc1)c1ccccc1)[CH2]C)OC(c1ccccc1)(c1ccccc1)c1ccccc1. The molecule has 0 heterocycles. The molecule has 9 aromatic rings. The van der Waals surface area contributed by atoms with Crippen molar-refractivity contribution in [3.63, 3.8) is 0 Å². The third kappa shape index (κ3) is 16.0. The van der Waals surface area contributed by atoms with E-state index in [2.05, 4.69) is 334 Å². The summed E-state index contributed by atoms with van der Waals surface area (Å²) < 4.78 is 24.1. The smallest absolute Gasteiger partial charge is 0.210 e. The molecule has 87 heavy (non-hydrogen) atoms. The Morgan fingerprint density at radius 2 is 0.437 bits per heavy atom. The number of benzene rings is 9. The predicted octanol–water partition coefficient (Wildman–Crippen LogP) is 21.6. The van der Waals surface area contributed by atoms with Crippen LogP contribution in [0.5, 0.6) is 0 Å². The summed E-state index contributed by atoms with van der Waals surface area (Å²) in [6, 6.07) is 97.9. The van der Waals surface area contributed by atoms with Crippen molar-refractivity contribution >= 4 is 13.1 Å². The second-order valence-corrected chi connectivity index (χ2v) is 28.2. The average Bonchev–Trinajstić information content (AvgIpc) is 1.22. The molecule has 0 aliphatic heterocycles. The van der Waals surface area contributed by atoms with Crippen LogP contribution in [0.3, 0.4) is 0 Å². The maximum atomic E-state index is 8.03. The van der Waals surface area contributed by atoms with E-state index in [1.807, 2.05) is 0 Å². The van der Waals surface area contributed by atoms with Crippen LogP contribution in [0.15, 0.2) is 306 Å². The minimum absolute atomic E-state index is 0.234. The van der Waals surface area contributed by atoms with E-state index in [1.165, 1.54) is 0 Å². The third-order valence-corrected chi connectivity index (χ3v) is 21.9. The molecule has 3 nitrogen and oxygen atoms in total. The molecule has 0 N–H and O–H groups in total. The molecule has 0 saturated carbocycles. The van der Waals surface area contributed by atoms with E-state index in [9.17, 15) is 0 Å². The van der Waals surface area contributed by atoms with Gasteiger partial charge in [-0.05, 0) is 69.3 Å². The Kier molecular flexibility index (Phi) is 24.4. The van der Waals surface area contributed by atoms with E-state index >= 15 is 0 Å². The van der Waals surface area contributed by atoms with Gasteiger partial charge < -0.3 is 14.2 Å². The zero-order valence-electron chi connectivity index (χ0n) is 52.2. The van der Waals surface area contributed by atoms with E-state index in [4.69, 9.17) is 14.2 Å². The molecular weight excluding hydrogens is 1070 g/mol. The lowest BCUT2D eigenvalue weighted by atomic mass is 9.79. The highest BCUT2D eigenvalue weighted by Gasteiger charge is 2.42. The number of hydrogen-bond donors (Lipinski definition) is 0. The van der Waals surface area contributed by atoms with Gasteiger partial charge in [-0.15, -0.1) is 25.2 Å². The van der Waals surface area contributed by atoms with E-state index in [-0.39, 0.29) is 18.3 Å². The molecule has 446 valence electrons. The molecule has 0 aliphatic rings. The van der Waals surface area contributed by atoms with Crippen LogP contribution in [-0.2, 0) is 31.0 Å². The Balaban J connectivity index is 1.25. The quantitative estimate of drug-likeness (QED) is 0.0229. The monoisotopic (exact) mass is 1160 g/mol. The molecule has 4 heteroatoms. The van der Waals surface area contributed by atoms with E-state index in [0.717, 1.165) is 132 Å². The van der Waals surface area contributed by atoms with Crippen molar-refractivity contribution in [2.45, 2.75) is 145 Å². The maximum Gasteiger partial charge on any atom is 0.210 e. The van der Waals surface area contributed by atoms with Crippen molar-refractivity contribution in [1.82, 2.24) is 0 Å². The lowest BCUT2D eigenvalue weighted by Crippen LogP contribution is -2.38. The van der Waals surface area contributed by atoms with Crippen LogP contribution in [0, 0.1) is 0 Å². The molecule has 3 atom stereocenters. The third-order valence-electron chi connectivity index (χ3n) is 17.6. The van der Waals surface area contributed by atoms with Crippen LogP contribution in [0.25, 0.3) is 0 Å². The molecule has 0 fully saturated rings. The van der Waals surface area contributed by atoms with Crippen LogP contribution in [0.2, 0.25) is 5.28 Å². The molecule has 0 radical (unpaired) electrons. The van der Waals surface area contributed by atoms with Gasteiger partial charge >= 0.3 is 0 Å². The molecule has 0 spiro atoms. The van der Waals surface area contributed by atoms with Crippen molar-refractivity contribution in [1.29, 1.82) is 0 Å².